The van der Waals surface area contributed by atoms with Gasteiger partial charge in [0.05, 0.1) is 11.8 Å². The monoisotopic (exact) mass is 375 g/mol. The molecule has 0 aliphatic carbocycles. The molecule has 26 heavy (non-hydrogen) atoms. The van der Waals surface area contributed by atoms with Gasteiger partial charge in [-0.15, -0.1) is 0 Å². The first kappa shape index (κ1) is 18.2. The van der Waals surface area contributed by atoms with Gasteiger partial charge in [0.1, 0.15) is 6.26 Å². The molecule has 2 aromatic rings. The number of likely N-dealkylation sites (tertiary alicyclic amines) is 1. The fraction of sp³-hybridized carbons (Fsp3) is 0.389. The van der Waals surface area contributed by atoms with Gasteiger partial charge in [-0.05, 0) is 47.2 Å². The second-order valence-electron chi connectivity index (χ2n) is 6.27. The van der Waals surface area contributed by atoms with Crippen molar-refractivity contribution in [2.24, 2.45) is 5.92 Å². The molecule has 1 aliphatic rings. The summed E-state index contributed by atoms with van der Waals surface area (Å²) < 4.78 is 4.95. The van der Waals surface area contributed by atoms with Crippen molar-refractivity contribution in [1.82, 2.24) is 15.5 Å². The van der Waals surface area contributed by atoms with Crippen molar-refractivity contribution in [2.45, 2.75) is 19.4 Å². The Kier molecular flexibility index (Phi) is 6.06. The topological polar surface area (TPSA) is 91.7 Å². The molecule has 3 amide bonds. The fourth-order valence-corrected chi connectivity index (χ4v) is 3.55. The van der Waals surface area contributed by atoms with Crippen LogP contribution in [0.2, 0.25) is 0 Å². The van der Waals surface area contributed by atoms with Crippen molar-refractivity contribution in [1.29, 1.82) is 0 Å². The molecular weight excluding hydrogens is 354 g/mol. The zero-order chi connectivity index (χ0) is 18.4. The summed E-state index contributed by atoms with van der Waals surface area (Å²) in [4.78, 5) is 37.7. The molecule has 0 radical (unpaired) electrons. The number of thiophene rings is 1. The van der Waals surface area contributed by atoms with E-state index in [0.29, 0.717) is 31.7 Å². The lowest BCUT2D eigenvalue weighted by atomic mass is 9.96. The first-order valence-electron chi connectivity index (χ1n) is 8.52. The van der Waals surface area contributed by atoms with Crippen LogP contribution in [0.5, 0.6) is 0 Å². The summed E-state index contributed by atoms with van der Waals surface area (Å²) in [6.07, 6.45) is 4.52. The van der Waals surface area contributed by atoms with E-state index in [4.69, 9.17) is 4.42 Å². The van der Waals surface area contributed by atoms with E-state index in [1.54, 1.807) is 22.3 Å². The van der Waals surface area contributed by atoms with Crippen molar-refractivity contribution in [3.05, 3.63) is 46.5 Å². The summed E-state index contributed by atoms with van der Waals surface area (Å²) in [5.41, 5.74) is 1.53. The Bertz CT molecular complexity index is 735. The van der Waals surface area contributed by atoms with E-state index in [0.717, 1.165) is 18.4 Å². The molecule has 0 unspecified atom stereocenters. The van der Waals surface area contributed by atoms with E-state index >= 15 is 0 Å². The number of hydrogen-bond donors (Lipinski definition) is 2. The highest BCUT2D eigenvalue weighted by Gasteiger charge is 2.25. The van der Waals surface area contributed by atoms with Crippen LogP contribution in [0.4, 0.5) is 0 Å². The summed E-state index contributed by atoms with van der Waals surface area (Å²) in [5, 5.41) is 9.14. The Balaban J connectivity index is 1.36. The van der Waals surface area contributed by atoms with Crippen LogP contribution in [0.25, 0.3) is 0 Å². The molecule has 3 rings (SSSR count). The predicted molar refractivity (Wildman–Crippen MR) is 96.5 cm³/mol. The summed E-state index contributed by atoms with van der Waals surface area (Å²) >= 11 is 1.54. The lowest BCUT2D eigenvalue weighted by molar-refractivity contribution is -0.139. The van der Waals surface area contributed by atoms with Crippen LogP contribution in [-0.2, 0) is 16.1 Å². The summed E-state index contributed by atoms with van der Waals surface area (Å²) in [5.74, 6) is -1.01. The SMILES string of the molecule is O=C(NCc1ccsc1)C(=O)NCC1CCN(C(=O)c2ccoc2)CC1. The lowest BCUT2D eigenvalue weighted by Crippen LogP contribution is -2.44. The number of rotatable bonds is 5. The maximum absolute atomic E-state index is 12.2. The van der Waals surface area contributed by atoms with Gasteiger partial charge in [-0.2, -0.15) is 11.3 Å². The largest absolute Gasteiger partial charge is 0.472 e. The van der Waals surface area contributed by atoms with E-state index in [-0.39, 0.29) is 11.8 Å². The highest BCUT2D eigenvalue weighted by Crippen LogP contribution is 2.18. The second-order valence-corrected chi connectivity index (χ2v) is 7.05. The lowest BCUT2D eigenvalue weighted by Gasteiger charge is -2.31. The van der Waals surface area contributed by atoms with Gasteiger partial charge in [0, 0.05) is 26.2 Å². The number of nitrogens with one attached hydrogen (secondary N) is 2. The third-order valence-corrected chi connectivity index (χ3v) is 5.19. The van der Waals surface area contributed by atoms with Crippen LogP contribution >= 0.6 is 11.3 Å². The molecule has 2 N–H and O–H groups in total. The minimum atomic E-state index is -0.622. The van der Waals surface area contributed by atoms with Crippen LogP contribution in [0.15, 0.2) is 39.8 Å². The molecule has 0 aromatic carbocycles. The Morgan fingerprint density at radius 2 is 1.92 bits per heavy atom. The molecular formula is C18H21N3O4S. The highest BCUT2D eigenvalue weighted by atomic mass is 32.1. The molecule has 138 valence electrons. The number of carbonyl (C=O) groups is 3. The minimum Gasteiger partial charge on any atom is -0.472 e. The molecule has 1 fully saturated rings. The third kappa shape index (κ3) is 4.72. The van der Waals surface area contributed by atoms with E-state index < -0.39 is 11.8 Å². The summed E-state index contributed by atoms with van der Waals surface area (Å²) in [6.45, 7) is 2.06. The molecule has 0 spiro atoms. The van der Waals surface area contributed by atoms with Crippen molar-refractivity contribution >= 4 is 29.1 Å². The molecule has 0 bridgehead atoms. The Hall–Kier alpha value is -2.61. The maximum Gasteiger partial charge on any atom is 0.309 e. The van der Waals surface area contributed by atoms with E-state index in [1.807, 2.05) is 16.8 Å². The van der Waals surface area contributed by atoms with E-state index in [9.17, 15) is 14.4 Å². The first-order valence-corrected chi connectivity index (χ1v) is 9.46. The van der Waals surface area contributed by atoms with Gasteiger partial charge in [-0.25, -0.2) is 0 Å². The Morgan fingerprint density at radius 1 is 1.15 bits per heavy atom. The van der Waals surface area contributed by atoms with Gasteiger partial charge < -0.3 is 20.0 Å². The number of nitrogens with zero attached hydrogens (tertiary/aromatic N) is 1. The second kappa shape index (κ2) is 8.66. The number of hydrogen-bond acceptors (Lipinski definition) is 5. The van der Waals surface area contributed by atoms with Gasteiger partial charge >= 0.3 is 11.8 Å². The van der Waals surface area contributed by atoms with Crippen molar-refractivity contribution in [2.75, 3.05) is 19.6 Å². The van der Waals surface area contributed by atoms with Gasteiger partial charge in [0.2, 0.25) is 0 Å². The standard InChI is InChI=1S/C18H21N3O4S/c22-16(17(23)20-10-14-4-8-26-12-14)19-9-13-1-5-21(6-2-13)18(24)15-3-7-25-11-15/h3-4,7-8,11-13H,1-2,5-6,9-10H2,(H,19,22)(H,20,23). The van der Waals surface area contributed by atoms with Gasteiger partial charge in [0.25, 0.3) is 5.91 Å². The quantitative estimate of drug-likeness (QED) is 0.777. The van der Waals surface area contributed by atoms with Crippen LogP contribution in [0, 0.1) is 5.92 Å². The number of piperidine rings is 1. The minimum absolute atomic E-state index is 0.0333. The fourth-order valence-electron chi connectivity index (χ4n) is 2.88. The zero-order valence-electron chi connectivity index (χ0n) is 14.3. The average Bonchev–Trinajstić information content (AvgIpc) is 3.37. The van der Waals surface area contributed by atoms with Crippen molar-refractivity contribution in [3.63, 3.8) is 0 Å². The van der Waals surface area contributed by atoms with Crippen molar-refractivity contribution < 1.29 is 18.8 Å². The van der Waals surface area contributed by atoms with Crippen molar-refractivity contribution in [3.8, 4) is 0 Å². The molecule has 2 aromatic heterocycles. The zero-order valence-corrected chi connectivity index (χ0v) is 15.1. The van der Waals surface area contributed by atoms with E-state index in [1.165, 1.54) is 12.5 Å². The first-order chi connectivity index (χ1) is 12.6. The van der Waals surface area contributed by atoms with Gasteiger partial charge in [0.15, 0.2) is 0 Å². The van der Waals surface area contributed by atoms with Gasteiger partial charge in [-0.3, -0.25) is 14.4 Å². The summed E-state index contributed by atoms with van der Waals surface area (Å²) in [6, 6.07) is 3.56. The van der Waals surface area contributed by atoms with Crippen LogP contribution < -0.4 is 10.6 Å². The molecule has 0 saturated carbocycles. The molecule has 7 nitrogen and oxygen atoms in total. The van der Waals surface area contributed by atoms with Gasteiger partial charge in [-0.1, -0.05) is 0 Å². The molecule has 1 aliphatic heterocycles. The van der Waals surface area contributed by atoms with E-state index in [2.05, 4.69) is 10.6 Å². The van der Waals surface area contributed by atoms with Crippen LogP contribution in [0.3, 0.4) is 0 Å². The Labute approximate surface area is 155 Å². The highest BCUT2D eigenvalue weighted by molar-refractivity contribution is 7.07. The smallest absolute Gasteiger partial charge is 0.309 e. The third-order valence-electron chi connectivity index (χ3n) is 4.46. The van der Waals surface area contributed by atoms with Crippen LogP contribution in [0.1, 0.15) is 28.8 Å². The normalized spacial score (nSPS) is 14.8. The molecule has 8 heteroatoms. The maximum atomic E-state index is 12.2. The number of amides is 3. The molecule has 3 heterocycles. The number of furan rings is 1. The molecule has 1 saturated heterocycles. The predicted octanol–water partition coefficient (Wildman–Crippen LogP) is 1.63. The summed E-state index contributed by atoms with van der Waals surface area (Å²) in [7, 11) is 0. The van der Waals surface area contributed by atoms with Crippen LogP contribution in [-0.4, -0.2) is 42.3 Å². The molecule has 0 atom stereocenters. The number of carbonyl (C=O) groups excluding carboxylic acids is 3. The average molecular weight is 375 g/mol. The Morgan fingerprint density at radius 3 is 2.58 bits per heavy atom.